The van der Waals surface area contributed by atoms with E-state index in [9.17, 15) is 18.0 Å². The number of anilines is 1. The molecule has 170 valence electrons. The Hall–Kier alpha value is -2.55. The number of nitrogens with one attached hydrogen (secondary N) is 2. The number of allylic oxidation sites excluding steroid dienone is 5. The third kappa shape index (κ3) is 7.57. The lowest BCUT2D eigenvalue weighted by atomic mass is 10.1. The van der Waals surface area contributed by atoms with Crippen LogP contribution in [0.15, 0.2) is 45.8 Å². The molecule has 2 rings (SSSR count). The molecule has 0 radical (unpaired) electrons. The molecule has 0 aromatic carbocycles. The van der Waals surface area contributed by atoms with Gasteiger partial charge in [0, 0.05) is 34.5 Å². The van der Waals surface area contributed by atoms with E-state index in [1.54, 1.807) is 39.8 Å². The molecule has 1 fully saturated rings. The fourth-order valence-electron chi connectivity index (χ4n) is 2.75. The Balaban J connectivity index is 2.23. The lowest BCUT2D eigenvalue weighted by Crippen LogP contribution is -2.23. The van der Waals surface area contributed by atoms with Crippen molar-refractivity contribution < 1.29 is 22.7 Å². The summed E-state index contributed by atoms with van der Waals surface area (Å²) >= 11 is 5.89. The van der Waals surface area contributed by atoms with Crippen molar-refractivity contribution in [3.05, 3.63) is 46.5 Å². The number of aromatic nitrogens is 2. The first-order chi connectivity index (χ1) is 14.6. The topological polar surface area (TPSA) is 79.4 Å². The maximum Gasteiger partial charge on any atom is 0.573 e. The fourth-order valence-corrected chi connectivity index (χ4v) is 2.85. The van der Waals surface area contributed by atoms with E-state index in [2.05, 4.69) is 25.2 Å². The maximum atomic E-state index is 12.9. The maximum absolute atomic E-state index is 12.9. The van der Waals surface area contributed by atoms with Gasteiger partial charge >= 0.3 is 6.36 Å². The summed E-state index contributed by atoms with van der Waals surface area (Å²) in [6.07, 6.45) is 1.46. The predicted molar refractivity (Wildman–Crippen MR) is 115 cm³/mol. The average Bonchev–Trinajstić information content (AvgIpc) is 3.46. The van der Waals surface area contributed by atoms with E-state index in [1.807, 2.05) is 0 Å². The summed E-state index contributed by atoms with van der Waals surface area (Å²) in [5, 5.41) is 9.77. The molecule has 0 spiro atoms. The van der Waals surface area contributed by atoms with Gasteiger partial charge in [-0.25, -0.2) is 0 Å². The van der Waals surface area contributed by atoms with Gasteiger partial charge in [0.25, 0.3) is 0 Å². The Bertz CT molecular complexity index is 912. The van der Waals surface area contributed by atoms with Crippen molar-refractivity contribution in [2.24, 2.45) is 10.9 Å². The van der Waals surface area contributed by atoms with Gasteiger partial charge in [-0.1, -0.05) is 30.7 Å². The number of carbonyl (C=O) groups is 1. The SMILES string of the molecule is C\C=C(/N=C(CC)\C(=C/C(Cl)=C\C)OC(F)(F)F)C(C)C(=O)Nc1cc(C2CC2)[nH]n1. The lowest BCUT2D eigenvalue weighted by molar-refractivity contribution is -0.302. The summed E-state index contributed by atoms with van der Waals surface area (Å²) < 4.78 is 42.8. The molecule has 1 aliphatic rings. The minimum Gasteiger partial charge on any atom is -0.404 e. The number of halogens is 4. The molecular formula is C21H26ClF3N4O2. The van der Waals surface area contributed by atoms with Gasteiger partial charge in [0.15, 0.2) is 11.6 Å². The van der Waals surface area contributed by atoms with Crippen molar-refractivity contribution >= 4 is 29.0 Å². The van der Waals surface area contributed by atoms with Crippen molar-refractivity contribution in [3.63, 3.8) is 0 Å². The zero-order valence-corrected chi connectivity index (χ0v) is 18.6. The van der Waals surface area contributed by atoms with Crippen LogP contribution in [0, 0.1) is 5.92 Å². The van der Waals surface area contributed by atoms with Gasteiger partial charge in [-0.3, -0.25) is 14.9 Å². The number of carbonyl (C=O) groups excluding carboxylic acids is 1. The van der Waals surface area contributed by atoms with Crippen molar-refractivity contribution in [1.29, 1.82) is 0 Å². The summed E-state index contributed by atoms with van der Waals surface area (Å²) in [6, 6.07) is 1.79. The largest absolute Gasteiger partial charge is 0.573 e. The number of rotatable bonds is 9. The summed E-state index contributed by atoms with van der Waals surface area (Å²) in [7, 11) is 0. The Morgan fingerprint density at radius 1 is 1.42 bits per heavy atom. The van der Waals surface area contributed by atoms with Gasteiger partial charge < -0.3 is 10.1 Å². The van der Waals surface area contributed by atoms with Crippen LogP contribution in [-0.2, 0) is 9.53 Å². The van der Waals surface area contributed by atoms with E-state index in [0.29, 0.717) is 17.4 Å². The van der Waals surface area contributed by atoms with E-state index >= 15 is 0 Å². The Morgan fingerprint density at radius 2 is 2.10 bits per heavy atom. The van der Waals surface area contributed by atoms with E-state index < -0.39 is 18.0 Å². The summed E-state index contributed by atoms with van der Waals surface area (Å²) in [6.45, 7) is 6.49. The number of alkyl halides is 3. The van der Waals surface area contributed by atoms with Crippen LogP contribution in [0.3, 0.4) is 0 Å². The number of aliphatic imine (C=N–C) groups is 1. The van der Waals surface area contributed by atoms with Gasteiger partial charge in [0.1, 0.15) is 0 Å². The minimum absolute atomic E-state index is 0.0147. The first-order valence-corrected chi connectivity index (χ1v) is 10.3. The molecule has 1 aliphatic carbocycles. The second kappa shape index (κ2) is 10.7. The second-order valence-electron chi connectivity index (χ2n) is 7.05. The molecule has 0 saturated heterocycles. The number of amides is 1. The molecule has 1 atom stereocenters. The van der Waals surface area contributed by atoms with E-state index in [0.717, 1.165) is 24.6 Å². The van der Waals surface area contributed by atoms with Crippen LogP contribution in [-0.4, -0.2) is 28.2 Å². The summed E-state index contributed by atoms with van der Waals surface area (Å²) in [4.78, 5) is 17.0. The number of aromatic amines is 1. The van der Waals surface area contributed by atoms with Crippen molar-refractivity contribution in [1.82, 2.24) is 10.2 Å². The third-order valence-corrected chi connectivity index (χ3v) is 4.98. The van der Waals surface area contributed by atoms with Crippen LogP contribution >= 0.6 is 11.6 Å². The van der Waals surface area contributed by atoms with E-state index in [1.165, 1.54) is 6.08 Å². The average molecular weight is 459 g/mol. The smallest absolute Gasteiger partial charge is 0.404 e. The molecule has 1 aromatic rings. The highest BCUT2D eigenvalue weighted by molar-refractivity contribution is 6.31. The lowest BCUT2D eigenvalue weighted by Gasteiger charge is -2.17. The zero-order chi connectivity index (χ0) is 23.2. The minimum atomic E-state index is -4.91. The molecule has 10 heteroatoms. The predicted octanol–water partition coefficient (Wildman–Crippen LogP) is 6.18. The first-order valence-electron chi connectivity index (χ1n) is 9.97. The summed E-state index contributed by atoms with van der Waals surface area (Å²) in [5.74, 6) is -0.783. The number of ether oxygens (including phenoxy) is 1. The molecule has 1 unspecified atom stereocenters. The Kier molecular flexibility index (Phi) is 8.50. The molecule has 0 bridgehead atoms. The normalized spacial score (nSPS) is 17.5. The molecule has 0 aliphatic heterocycles. The van der Waals surface area contributed by atoms with Crippen LogP contribution in [0.4, 0.5) is 19.0 Å². The number of nitrogens with zero attached hydrogens (tertiary/aromatic N) is 2. The highest BCUT2D eigenvalue weighted by Crippen LogP contribution is 2.39. The standard InChI is InChI=1S/C21H26ClF3N4O2/c1-5-14(22)10-18(31-21(23,24)25)16(7-3)26-15(6-2)12(4)20(30)27-19-11-17(28-29-19)13-8-9-13/h5-6,10-13H,7-9H2,1-4H3,(H2,27,28,29,30)/b14-5+,15-6-,18-10+,26-16-. The van der Waals surface area contributed by atoms with Gasteiger partial charge in [-0.2, -0.15) is 5.10 Å². The fraction of sp³-hybridized carbons (Fsp3) is 0.476. The second-order valence-corrected chi connectivity index (χ2v) is 7.49. The van der Waals surface area contributed by atoms with Gasteiger partial charge in [-0.05, 0) is 40.0 Å². The number of H-pyrrole nitrogens is 1. The Morgan fingerprint density at radius 3 is 2.61 bits per heavy atom. The van der Waals surface area contributed by atoms with Crippen LogP contribution in [0.5, 0.6) is 0 Å². The van der Waals surface area contributed by atoms with Gasteiger partial charge in [0.2, 0.25) is 5.91 Å². The molecular weight excluding hydrogens is 433 g/mol. The number of hydrogen-bond acceptors (Lipinski definition) is 4. The van der Waals surface area contributed by atoms with Crippen molar-refractivity contribution in [2.75, 3.05) is 5.32 Å². The van der Waals surface area contributed by atoms with Gasteiger partial charge in [0.05, 0.1) is 11.6 Å². The molecule has 1 aromatic heterocycles. The van der Waals surface area contributed by atoms with Crippen LogP contribution < -0.4 is 5.32 Å². The van der Waals surface area contributed by atoms with Crippen LogP contribution in [0.25, 0.3) is 0 Å². The molecule has 31 heavy (non-hydrogen) atoms. The molecule has 2 N–H and O–H groups in total. The highest BCUT2D eigenvalue weighted by atomic mass is 35.5. The molecule has 1 heterocycles. The van der Waals surface area contributed by atoms with Gasteiger partial charge in [-0.15, -0.1) is 13.2 Å². The first kappa shape index (κ1) is 24.7. The van der Waals surface area contributed by atoms with Crippen LogP contribution in [0.1, 0.15) is 58.6 Å². The molecule has 1 saturated carbocycles. The van der Waals surface area contributed by atoms with Crippen LogP contribution in [0.2, 0.25) is 0 Å². The van der Waals surface area contributed by atoms with Crippen molar-refractivity contribution in [3.8, 4) is 0 Å². The molecule has 6 nitrogen and oxygen atoms in total. The quantitative estimate of drug-likeness (QED) is 0.263. The van der Waals surface area contributed by atoms with E-state index in [4.69, 9.17) is 11.6 Å². The monoisotopic (exact) mass is 458 g/mol. The molecule has 1 amide bonds. The summed E-state index contributed by atoms with van der Waals surface area (Å²) in [5.41, 5.74) is 1.28. The highest BCUT2D eigenvalue weighted by Gasteiger charge is 2.33. The van der Waals surface area contributed by atoms with E-state index in [-0.39, 0.29) is 23.1 Å². The third-order valence-electron chi connectivity index (χ3n) is 4.65. The van der Waals surface area contributed by atoms with Crippen molar-refractivity contribution in [2.45, 2.75) is 59.2 Å². The zero-order valence-electron chi connectivity index (χ0n) is 17.8. The number of hydrogen-bond donors (Lipinski definition) is 2. The Labute approximate surface area is 184 Å².